The Hall–Kier alpha value is -2.19. The van der Waals surface area contributed by atoms with Gasteiger partial charge in [-0.1, -0.05) is 164 Å². The molecule has 0 bridgehead atoms. The van der Waals surface area contributed by atoms with Crippen molar-refractivity contribution in [3.05, 3.63) is 60.8 Å². The first-order valence-electron chi connectivity index (χ1n) is 24.7. The Balaban J connectivity index is 2.43. The average Bonchev–Trinajstić information content (AvgIpc) is 3.27. The van der Waals surface area contributed by atoms with Gasteiger partial charge in [0, 0.05) is 0 Å². The Morgan fingerprint density at radius 2 is 1.06 bits per heavy atom. The zero-order valence-electron chi connectivity index (χ0n) is 38.8. The molecule has 0 radical (unpaired) electrons. The zero-order valence-corrected chi connectivity index (χ0v) is 38.8. The summed E-state index contributed by atoms with van der Waals surface area (Å²) in [7, 11) is 0. The molecule has 1 heterocycles. The molecule has 9 unspecified atom stereocenters. The molecule has 0 aromatic rings. The van der Waals surface area contributed by atoms with Crippen molar-refractivity contribution in [2.24, 2.45) is 0 Å². The molecule has 0 spiro atoms. The van der Waals surface area contributed by atoms with Gasteiger partial charge in [0.05, 0.1) is 25.4 Å². The molecule has 0 aromatic heterocycles. The number of rotatable bonds is 40. The zero-order chi connectivity index (χ0) is 45.5. The van der Waals surface area contributed by atoms with Gasteiger partial charge in [-0.3, -0.25) is 4.79 Å². The third-order valence-electron chi connectivity index (χ3n) is 11.5. The summed E-state index contributed by atoms with van der Waals surface area (Å²) in [5.74, 6) is -0.716. The highest BCUT2D eigenvalue weighted by molar-refractivity contribution is 5.80. The Bertz CT molecular complexity index is 1190. The van der Waals surface area contributed by atoms with E-state index in [-0.39, 0.29) is 12.8 Å². The van der Waals surface area contributed by atoms with E-state index < -0.39 is 74.2 Å². The van der Waals surface area contributed by atoms with E-state index in [0.717, 1.165) is 64.2 Å². The van der Waals surface area contributed by atoms with Crippen LogP contribution in [0, 0.1) is 0 Å². The molecule has 11 nitrogen and oxygen atoms in total. The largest absolute Gasteiger partial charge is 0.394 e. The Morgan fingerprint density at radius 1 is 0.581 bits per heavy atom. The van der Waals surface area contributed by atoms with Crippen molar-refractivity contribution in [1.29, 1.82) is 0 Å². The SMILES string of the molecule is CC/C=C\C/C=C\CCCCCCCCCCCCCCCC(O)C(=O)NC(COC1OC(CO)C(O)C(O)C1O)C(O)C(O)CCC/C=C/CC/C=C/CC/C=C/CCCC. The normalized spacial score (nSPS) is 21.9. The molecule has 62 heavy (non-hydrogen) atoms. The number of carbonyl (C=O) groups excluding carboxylic acids is 1. The minimum Gasteiger partial charge on any atom is -0.394 e. The molecule has 0 aromatic carbocycles. The second kappa shape index (κ2) is 40.3. The lowest BCUT2D eigenvalue weighted by Crippen LogP contribution is -2.60. The second-order valence-corrected chi connectivity index (χ2v) is 17.1. The minimum absolute atomic E-state index is 0.238. The standard InChI is InChI=1S/C51H91NO10/c1-3-5-7-9-11-13-15-17-19-20-21-22-23-25-27-29-31-33-35-37-39-44(55)50(60)52-42(41-61-51-49(59)48(58)47(57)45(40-53)62-51)46(56)43(54)38-36-34-32-30-28-26-24-18-16-14-12-10-8-6-4-2/h5,7,10-13,18,24,30,32,42-49,51,53-59H,3-4,6,8-9,14-17,19-23,25-29,31,33-41H2,1-2H3,(H,52,60)/b7-5-,12-10+,13-11-,24-18+,32-30+. The van der Waals surface area contributed by atoms with Gasteiger partial charge in [-0.2, -0.15) is 0 Å². The lowest BCUT2D eigenvalue weighted by Gasteiger charge is -2.40. The van der Waals surface area contributed by atoms with Crippen LogP contribution in [-0.2, 0) is 14.3 Å². The number of aliphatic hydroxyl groups is 7. The van der Waals surface area contributed by atoms with Crippen molar-refractivity contribution in [1.82, 2.24) is 5.32 Å². The maximum Gasteiger partial charge on any atom is 0.249 e. The fraction of sp³-hybridized carbons (Fsp3) is 0.784. The number of hydrogen-bond acceptors (Lipinski definition) is 10. The number of unbranched alkanes of at least 4 members (excludes halogenated alkanes) is 18. The Labute approximate surface area is 376 Å². The van der Waals surface area contributed by atoms with Gasteiger partial charge < -0.3 is 50.5 Å². The first-order valence-corrected chi connectivity index (χ1v) is 24.7. The number of hydrogen-bond donors (Lipinski definition) is 8. The van der Waals surface area contributed by atoms with E-state index in [1.807, 2.05) is 0 Å². The molecule has 1 aliphatic heterocycles. The van der Waals surface area contributed by atoms with Crippen LogP contribution in [0.2, 0.25) is 0 Å². The molecular formula is C51H91NO10. The molecule has 1 aliphatic rings. The van der Waals surface area contributed by atoms with Gasteiger partial charge >= 0.3 is 0 Å². The minimum atomic E-state index is -1.67. The van der Waals surface area contributed by atoms with E-state index in [2.05, 4.69) is 79.9 Å². The van der Waals surface area contributed by atoms with Crippen LogP contribution in [0.5, 0.6) is 0 Å². The fourth-order valence-corrected chi connectivity index (χ4v) is 7.44. The number of aliphatic hydroxyl groups excluding tert-OH is 7. The van der Waals surface area contributed by atoms with Crippen molar-refractivity contribution in [3.8, 4) is 0 Å². The molecule has 1 rings (SSSR count). The predicted molar refractivity (Wildman–Crippen MR) is 251 cm³/mol. The van der Waals surface area contributed by atoms with E-state index in [9.17, 15) is 40.5 Å². The van der Waals surface area contributed by atoms with Crippen molar-refractivity contribution in [2.75, 3.05) is 13.2 Å². The summed E-state index contributed by atoms with van der Waals surface area (Å²) >= 11 is 0. The van der Waals surface area contributed by atoms with Crippen LogP contribution < -0.4 is 5.32 Å². The average molecular weight is 878 g/mol. The molecule has 1 fully saturated rings. The van der Waals surface area contributed by atoms with E-state index in [1.54, 1.807) is 0 Å². The lowest BCUT2D eigenvalue weighted by atomic mass is 9.98. The third kappa shape index (κ3) is 29.3. The van der Waals surface area contributed by atoms with Gasteiger partial charge in [-0.15, -0.1) is 0 Å². The van der Waals surface area contributed by atoms with E-state index in [0.29, 0.717) is 19.3 Å². The summed E-state index contributed by atoms with van der Waals surface area (Å²) in [4.78, 5) is 13.1. The second-order valence-electron chi connectivity index (χ2n) is 17.1. The van der Waals surface area contributed by atoms with Crippen molar-refractivity contribution < 1.29 is 50.0 Å². The summed E-state index contributed by atoms with van der Waals surface area (Å²) < 4.78 is 11.1. The van der Waals surface area contributed by atoms with Crippen LogP contribution in [0.25, 0.3) is 0 Å². The van der Waals surface area contributed by atoms with Crippen molar-refractivity contribution >= 4 is 5.91 Å². The third-order valence-corrected chi connectivity index (χ3v) is 11.5. The summed E-state index contributed by atoms with van der Waals surface area (Å²) in [6, 6.07) is -1.20. The topological polar surface area (TPSA) is 189 Å². The van der Waals surface area contributed by atoms with Gasteiger partial charge in [0.2, 0.25) is 5.91 Å². The molecular weight excluding hydrogens is 787 g/mol. The monoisotopic (exact) mass is 878 g/mol. The van der Waals surface area contributed by atoms with Crippen LogP contribution in [0.1, 0.15) is 187 Å². The van der Waals surface area contributed by atoms with Gasteiger partial charge in [0.25, 0.3) is 0 Å². The molecule has 8 N–H and O–H groups in total. The fourth-order valence-electron chi connectivity index (χ4n) is 7.44. The molecule has 360 valence electrons. The van der Waals surface area contributed by atoms with Gasteiger partial charge in [0.1, 0.15) is 36.6 Å². The number of allylic oxidation sites excluding steroid dienone is 10. The highest BCUT2D eigenvalue weighted by atomic mass is 16.7. The summed E-state index contributed by atoms with van der Waals surface area (Å²) in [5, 5.41) is 75.7. The van der Waals surface area contributed by atoms with Crippen LogP contribution >= 0.6 is 0 Å². The van der Waals surface area contributed by atoms with Crippen molar-refractivity contribution in [3.63, 3.8) is 0 Å². The highest BCUT2D eigenvalue weighted by Crippen LogP contribution is 2.23. The predicted octanol–water partition coefficient (Wildman–Crippen LogP) is 8.72. The first kappa shape index (κ1) is 57.8. The maximum absolute atomic E-state index is 13.1. The van der Waals surface area contributed by atoms with Gasteiger partial charge in [-0.05, 0) is 83.5 Å². The number of carbonyl (C=O) groups is 1. The van der Waals surface area contributed by atoms with Gasteiger partial charge in [0.15, 0.2) is 6.29 Å². The number of ether oxygens (including phenoxy) is 2. The summed E-state index contributed by atoms with van der Waals surface area (Å²) in [5.41, 5.74) is 0. The van der Waals surface area contributed by atoms with E-state index in [4.69, 9.17) is 9.47 Å². The molecule has 1 saturated heterocycles. The number of nitrogens with one attached hydrogen (secondary N) is 1. The molecule has 0 saturated carbocycles. The van der Waals surface area contributed by atoms with Crippen LogP contribution in [0.15, 0.2) is 60.8 Å². The van der Waals surface area contributed by atoms with Crippen molar-refractivity contribution in [2.45, 2.75) is 242 Å². The lowest BCUT2D eigenvalue weighted by molar-refractivity contribution is -0.303. The first-order chi connectivity index (χ1) is 30.2. The molecule has 1 amide bonds. The maximum atomic E-state index is 13.1. The van der Waals surface area contributed by atoms with Crippen LogP contribution in [0.4, 0.5) is 0 Å². The molecule has 0 aliphatic carbocycles. The van der Waals surface area contributed by atoms with Crippen LogP contribution in [-0.4, -0.2) is 110 Å². The highest BCUT2D eigenvalue weighted by Gasteiger charge is 2.44. The molecule has 11 heteroatoms. The Morgan fingerprint density at radius 3 is 1.61 bits per heavy atom. The van der Waals surface area contributed by atoms with E-state index >= 15 is 0 Å². The number of amides is 1. The Kier molecular flexibility index (Phi) is 37.6. The smallest absolute Gasteiger partial charge is 0.249 e. The summed E-state index contributed by atoms with van der Waals surface area (Å²) in [6.07, 6.45) is 38.4. The van der Waals surface area contributed by atoms with Crippen LogP contribution in [0.3, 0.4) is 0 Å². The van der Waals surface area contributed by atoms with E-state index in [1.165, 1.54) is 77.0 Å². The summed E-state index contributed by atoms with van der Waals surface area (Å²) in [6.45, 7) is 3.27. The van der Waals surface area contributed by atoms with Gasteiger partial charge in [-0.25, -0.2) is 0 Å². The quantitative estimate of drug-likeness (QED) is 0.0218. The molecule has 9 atom stereocenters.